The first-order valence-electron chi connectivity index (χ1n) is 13.7. The Morgan fingerprint density at radius 2 is 1.66 bits per heavy atom. The Balaban J connectivity index is 1.82. The number of H-pyrrole nitrogens is 2. The molecule has 4 atom stereocenters. The van der Waals surface area contributed by atoms with Gasteiger partial charge in [-0.15, -0.1) is 0 Å². The number of carbonyl (C=O) groups is 4. The third-order valence-corrected chi connectivity index (χ3v) is 6.87. The van der Waals surface area contributed by atoms with Crippen LogP contribution in [0.1, 0.15) is 44.4 Å². The molecule has 13 heteroatoms. The van der Waals surface area contributed by atoms with E-state index in [1.54, 1.807) is 26.2 Å². The molecule has 0 fully saturated rings. The van der Waals surface area contributed by atoms with Crippen molar-refractivity contribution in [2.75, 3.05) is 6.54 Å². The van der Waals surface area contributed by atoms with Gasteiger partial charge in [0.05, 0.1) is 12.4 Å². The highest BCUT2D eigenvalue weighted by atomic mass is 16.4. The molecule has 4 unspecified atom stereocenters. The summed E-state index contributed by atoms with van der Waals surface area (Å²) in [4.78, 5) is 61.6. The lowest BCUT2D eigenvalue weighted by Crippen LogP contribution is -2.58. The van der Waals surface area contributed by atoms with Crippen LogP contribution in [0.25, 0.3) is 10.9 Å². The number of para-hydroxylation sites is 1. The Kier molecular flexibility index (Phi) is 11.4. The predicted molar refractivity (Wildman–Crippen MR) is 153 cm³/mol. The third kappa shape index (κ3) is 8.88. The summed E-state index contributed by atoms with van der Waals surface area (Å²) in [5, 5.41) is 18.5. The first kappa shape index (κ1) is 31.3. The summed E-state index contributed by atoms with van der Waals surface area (Å²) in [6.07, 6.45) is 6.52. The van der Waals surface area contributed by atoms with E-state index in [0.29, 0.717) is 25.1 Å². The summed E-state index contributed by atoms with van der Waals surface area (Å²) in [5.74, 6) is -3.31. The quantitative estimate of drug-likeness (QED) is 0.112. The standard InChI is InChI=1S/C28H40N8O5/c1-16(2)24(28(40)41)36-26(38)22(9-5-6-10-29)34-27(39)23(11-17-13-32-21-8-4-3-7-19(17)21)35-25(37)20(30)12-18-14-31-15-33-18/h3-4,7-8,13-16,20,22-24,32H,5-6,9-12,29-30H2,1-2H3,(H,31,33)(H,34,39)(H,35,37)(H,36,38)(H,40,41). The third-order valence-electron chi connectivity index (χ3n) is 6.87. The smallest absolute Gasteiger partial charge is 0.326 e. The molecular formula is C28H40N8O5. The largest absolute Gasteiger partial charge is 0.480 e. The molecule has 0 aliphatic rings. The number of aromatic nitrogens is 3. The fraction of sp³-hybridized carbons (Fsp3) is 0.464. The summed E-state index contributed by atoms with van der Waals surface area (Å²) in [6, 6.07) is 3.38. The van der Waals surface area contributed by atoms with Crippen molar-refractivity contribution in [2.45, 2.75) is 70.1 Å². The van der Waals surface area contributed by atoms with E-state index in [0.717, 1.165) is 16.5 Å². The van der Waals surface area contributed by atoms with E-state index in [9.17, 15) is 24.3 Å². The van der Waals surface area contributed by atoms with E-state index >= 15 is 0 Å². The van der Waals surface area contributed by atoms with Crippen LogP contribution < -0.4 is 27.4 Å². The average molecular weight is 569 g/mol. The maximum absolute atomic E-state index is 13.7. The molecule has 0 saturated heterocycles. The van der Waals surface area contributed by atoms with Gasteiger partial charge in [0.1, 0.15) is 18.1 Å². The van der Waals surface area contributed by atoms with Crippen molar-refractivity contribution in [2.24, 2.45) is 17.4 Å². The van der Waals surface area contributed by atoms with Gasteiger partial charge in [-0.1, -0.05) is 32.0 Å². The van der Waals surface area contributed by atoms with Crippen LogP contribution in [0.5, 0.6) is 0 Å². The van der Waals surface area contributed by atoms with Crippen molar-refractivity contribution in [1.82, 2.24) is 30.9 Å². The molecule has 2 aromatic heterocycles. The van der Waals surface area contributed by atoms with Crippen LogP contribution in [-0.2, 0) is 32.0 Å². The van der Waals surface area contributed by atoms with E-state index in [2.05, 4.69) is 30.9 Å². The normalized spacial score (nSPS) is 14.3. The molecule has 1 aromatic carbocycles. The first-order chi connectivity index (χ1) is 19.6. The lowest BCUT2D eigenvalue weighted by Gasteiger charge is -2.26. The van der Waals surface area contributed by atoms with Crippen molar-refractivity contribution >= 4 is 34.6 Å². The summed E-state index contributed by atoms with van der Waals surface area (Å²) in [7, 11) is 0. The van der Waals surface area contributed by atoms with Gasteiger partial charge in [0, 0.05) is 41.8 Å². The van der Waals surface area contributed by atoms with Crippen LogP contribution in [0.3, 0.4) is 0 Å². The Hall–Kier alpha value is -4.23. The van der Waals surface area contributed by atoms with Crippen LogP contribution >= 0.6 is 0 Å². The molecule has 0 aliphatic heterocycles. The number of nitrogens with one attached hydrogen (secondary N) is 5. The maximum atomic E-state index is 13.7. The van der Waals surface area contributed by atoms with Crippen molar-refractivity contribution < 1.29 is 24.3 Å². The van der Waals surface area contributed by atoms with Crippen LogP contribution in [0.4, 0.5) is 0 Å². The number of carboxylic acid groups (broad SMARTS) is 1. The Labute approximate surface area is 238 Å². The Bertz CT molecular complexity index is 1310. The minimum absolute atomic E-state index is 0.124. The number of unbranched alkanes of at least 4 members (excludes halogenated alkanes) is 1. The SMILES string of the molecule is CC(C)C(NC(=O)C(CCCCN)NC(=O)C(Cc1c[nH]c2ccccc12)NC(=O)C(N)Cc1cnc[nH]1)C(=O)O. The zero-order valence-electron chi connectivity index (χ0n) is 23.4. The minimum atomic E-state index is -1.17. The monoisotopic (exact) mass is 568 g/mol. The number of imidazole rings is 1. The molecule has 3 amide bonds. The number of aromatic amines is 2. The second-order valence-corrected chi connectivity index (χ2v) is 10.4. The Morgan fingerprint density at radius 3 is 2.32 bits per heavy atom. The maximum Gasteiger partial charge on any atom is 0.326 e. The average Bonchev–Trinajstić information content (AvgIpc) is 3.60. The van der Waals surface area contributed by atoms with E-state index in [-0.39, 0.29) is 25.2 Å². The van der Waals surface area contributed by atoms with Gasteiger partial charge in [0.2, 0.25) is 17.7 Å². The highest BCUT2D eigenvalue weighted by molar-refractivity contribution is 5.95. The topological polar surface area (TPSA) is 221 Å². The summed E-state index contributed by atoms with van der Waals surface area (Å²) in [6.45, 7) is 3.76. The van der Waals surface area contributed by atoms with Gasteiger partial charge in [-0.3, -0.25) is 14.4 Å². The molecule has 3 rings (SSSR count). The van der Waals surface area contributed by atoms with E-state index in [4.69, 9.17) is 11.5 Å². The molecule has 0 radical (unpaired) electrons. The zero-order chi connectivity index (χ0) is 29.9. The molecule has 3 aromatic rings. The van der Waals surface area contributed by atoms with Crippen molar-refractivity contribution in [3.8, 4) is 0 Å². The number of carboxylic acids is 1. The molecule has 0 spiro atoms. The van der Waals surface area contributed by atoms with Gasteiger partial charge in [0.25, 0.3) is 0 Å². The van der Waals surface area contributed by atoms with Crippen LogP contribution in [0, 0.1) is 5.92 Å². The molecule has 13 nitrogen and oxygen atoms in total. The number of rotatable bonds is 16. The molecule has 222 valence electrons. The van der Waals surface area contributed by atoms with Gasteiger partial charge >= 0.3 is 5.97 Å². The summed E-state index contributed by atoms with van der Waals surface area (Å²) >= 11 is 0. The van der Waals surface area contributed by atoms with E-state index < -0.39 is 47.9 Å². The van der Waals surface area contributed by atoms with Crippen LogP contribution in [0.2, 0.25) is 0 Å². The van der Waals surface area contributed by atoms with Crippen LogP contribution in [-0.4, -0.2) is 74.5 Å². The number of fused-ring (bicyclic) bond motifs is 1. The summed E-state index contributed by atoms with van der Waals surface area (Å²) in [5.41, 5.74) is 14.1. The number of nitrogens with two attached hydrogens (primary N) is 2. The van der Waals surface area contributed by atoms with E-state index in [1.807, 2.05) is 24.3 Å². The van der Waals surface area contributed by atoms with Crippen molar-refractivity contribution in [1.29, 1.82) is 0 Å². The molecule has 41 heavy (non-hydrogen) atoms. The first-order valence-corrected chi connectivity index (χ1v) is 13.7. The number of carbonyl (C=O) groups excluding carboxylic acids is 3. The number of nitrogens with zero attached hydrogens (tertiary/aromatic N) is 1. The fourth-order valence-corrected chi connectivity index (χ4v) is 4.54. The van der Waals surface area contributed by atoms with Crippen molar-refractivity contribution in [3.05, 3.63) is 54.2 Å². The lowest BCUT2D eigenvalue weighted by atomic mass is 10.0. The van der Waals surface area contributed by atoms with Gasteiger partial charge < -0.3 is 42.5 Å². The van der Waals surface area contributed by atoms with Gasteiger partial charge in [-0.25, -0.2) is 9.78 Å². The fourth-order valence-electron chi connectivity index (χ4n) is 4.54. The minimum Gasteiger partial charge on any atom is -0.480 e. The highest BCUT2D eigenvalue weighted by Crippen LogP contribution is 2.19. The Morgan fingerprint density at radius 1 is 0.951 bits per heavy atom. The number of aliphatic carboxylic acids is 1. The highest BCUT2D eigenvalue weighted by Gasteiger charge is 2.31. The number of hydrogen-bond acceptors (Lipinski definition) is 7. The predicted octanol–water partition coefficient (Wildman–Crippen LogP) is 0.328. The van der Waals surface area contributed by atoms with Gasteiger partial charge in [-0.2, -0.15) is 0 Å². The molecule has 10 N–H and O–H groups in total. The molecule has 0 aliphatic carbocycles. The number of amides is 3. The molecule has 0 saturated carbocycles. The van der Waals surface area contributed by atoms with Gasteiger partial charge in [0.15, 0.2) is 0 Å². The number of benzene rings is 1. The molecular weight excluding hydrogens is 528 g/mol. The lowest BCUT2D eigenvalue weighted by molar-refractivity contribution is -0.143. The molecule has 2 heterocycles. The van der Waals surface area contributed by atoms with Crippen molar-refractivity contribution in [3.63, 3.8) is 0 Å². The second kappa shape index (κ2) is 15.0. The number of hydrogen-bond donors (Lipinski definition) is 8. The molecule has 0 bridgehead atoms. The second-order valence-electron chi connectivity index (χ2n) is 10.4. The van der Waals surface area contributed by atoms with E-state index in [1.165, 1.54) is 6.33 Å². The van der Waals surface area contributed by atoms with Crippen LogP contribution in [0.15, 0.2) is 43.0 Å². The van der Waals surface area contributed by atoms with Gasteiger partial charge in [-0.05, 0) is 43.4 Å². The zero-order valence-corrected chi connectivity index (χ0v) is 23.4. The summed E-state index contributed by atoms with van der Waals surface area (Å²) < 4.78 is 0.